The molecule has 8 heteroatoms. The number of hydrogen-bond donors (Lipinski definition) is 1. The Bertz CT molecular complexity index is 557. The first-order valence-corrected chi connectivity index (χ1v) is 6.23. The van der Waals surface area contributed by atoms with Crippen molar-refractivity contribution in [2.24, 2.45) is 0 Å². The molecule has 0 amide bonds. The van der Waals surface area contributed by atoms with E-state index in [1.807, 2.05) is 11.8 Å². The minimum Gasteiger partial charge on any atom is -0.480 e. The molecule has 2 rings (SSSR count). The van der Waals surface area contributed by atoms with Gasteiger partial charge in [-0.05, 0) is 13.0 Å². The van der Waals surface area contributed by atoms with Crippen LogP contribution in [0.25, 0.3) is 0 Å². The standard InChI is InChI=1S/C12H13ClN2O5/c1-12(20-5-11(16)17)6-14(7-12)10-3-2-8(15(18)19)4-9(10)13/h2-4H,5-7H2,1H3,(H,16,17). The zero-order valence-electron chi connectivity index (χ0n) is 10.7. The van der Waals surface area contributed by atoms with Gasteiger partial charge >= 0.3 is 5.97 Å². The molecule has 0 bridgehead atoms. The first-order chi connectivity index (χ1) is 9.31. The number of carboxylic acids is 1. The highest BCUT2D eigenvalue weighted by Gasteiger charge is 2.41. The van der Waals surface area contributed by atoms with Crippen LogP contribution >= 0.6 is 11.6 Å². The van der Waals surface area contributed by atoms with Crippen molar-refractivity contribution < 1.29 is 19.6 Å². The number of nitro benzene ring substituents is 1. The molecule has 7 nitrogen and oxygen atoms in total. The summed E-state index contributed by atoms with van der Waals surface area (Å²) >= 11 is 6.02. The number of ether oxygens (including phenoxy) is 1. The minimum atomic E-state index is -1.02. The Morgan fingerprint density at radius 1 is 1.60 bits per heavy atom. The second kappa shape index (κ2) is 5.26. The number of benzene rings is 1. The number of halogens is 1. The van der Waals surface area contributed by atoms with E-state index in [-0.39, 0.29) is 12.3 Å². The van der Waals surface area contributed by atoms with Crippen LogP contribution in [0, 0.1) is 10.1 Å². The summed E-state index contributed by atoms with van der Waals surface area (Å²) in [5.41, 5.74) is 0.0709. The van der Waals surface area contributed by atoms with Gasteiger partial charge in [-0.3, -0.25) is 10.1 Å². The fourth-order valence-corrected chi connectivity index (χ4v) is 2.42. The molecule has 0 spiro atoms. The van der Waals surface area contributed by atoms with Crippen molar-refractivity contribution in [3.63, 3.8) is 0 Å². The lowest BCUT2D eigenvalue weighted by Gasteiger charge is -2.48. The van der Waals surface area contributed by atoms with Crippen molar-refractivity contribution >= 4 is 28.9 Å². The van der Waals surface area contributed by atoms with Gasteiger partial charge in [-0.1, -0.05) is 11.6 Å². The van der Waals surface area contributed by atoms with Gasteiger partial charge in [0.25, 0.3) is 5.69 Å². The van der Waals surface area contributed by atoms with E-state index in [0.717, 1.165) is 0 Å². The van der Waals surface area contributed by atoms with Crippen LogP contribution in [0.3, 0.4) is 0 Å². The predicted molar refractivity (Wildman–Crippen MR) is 72.3 cm³/mol. The molecule has 0 saturated carbocycles. The lowest BCUT2D eigenvalue weighted by Crippen LogP contribution is -2.62. The minimum absolute atomic E-state index is 0.0656. The molecule has 1 aliphatic heterocycles. The first-order valence-electron chi connectivity index (χ1n) is 5.85. The van der Waals surface area contributed by atoms with Crippen LogP contribution in [-0.2, 0) is 9.53 Å². The van der Waals surface area contributed by atoms with E-state index in [0.29, 0.717) is 23.8 Å². The highest BCUT2D eigenvalue weighted by Crippen LogP contribution is 2.36. The van der Waals surface area contributed by atoms with Crippen molar-refractivity contribution in [3.05, 3.63) is 33.3 Å². The van der Waals surface area contributed by atoms with E-state index in [2.05, 4.69) is 0 Å². The maximum Gasteiger partial charge on any atom is 0.329 e. The molecular weight excluding hydrogens is 288 g/mol. The van der Waals surface area contributed by atoms with Gasteiger partial charge in [0.15, 0.2) is 0 Å². The Morgan fingerprint density at radius 2 is 2.25 bits per heavy atom. The number of non-ortho nitro benzene ring substituents is 1. The topological polar surface area (TPSA) is 92.9 Å². The molecule has 1 N–H and O–H groups in total. The predicted octanol–water partition coefficient (Wildman–Crippen LogP) is 1.93. The molecule has 1 aromatic rings. The summed E-state index contributed by atoms with van der Waals surface area (Å²) in [5.74, 6) is -1.02. The fraction of sp³-hybridized carbons (Fsp3) is 0.417. The molecule has 0 aromatic heterocycles. The van der Waals surface area contributed by atoms with Gasteiger partial charge in [0.1, 0.15) is 12.2 Å². The lowest BCUT2D eigenvalue weighted by molar-refractivity contribution is -0.384. The van der Waals surface area contributed by atoms with E-state index >= 15 is 0 Å². The van der Waals surface area contributed by atoms with Gasteiger partial charge in [-0.25, -0.2) is 4.79 Å². The molecule has 1 heterocycles. The fourth-order valence-electron chi connectivity index (χ4n) is 2.12. The molecule has 108 valence electrons. The molecular formula is C12H13ClN2O5. The summed E-state index contributed by atoms with van der Waals surface area (Å²) in [6.07, 6.45) is 0. The van der Waals surface area contributed by atoms with Crippen LogP contribution in [0.15, 0.2) is 18.2 Å². The number of carboxylic acid groups (broad SMARTS) is 1. The second-order valence-electron chi connectivity index (χ2n) is 4.88. The summed E-state index contributed by atoms with van der Waals surface area (Å²) in [6, 6.07) is 4.26. The average molecular weight is 301 g/mol. The number of carbonyl (C=O) groups is 1. The number of nitrogens with zero attached hydrogens (tertiary/aromatic N) is 2. The van der Waals surface area contributed by atoms with Crippen molar-refractivity contribution in [1.82, 2.24) is 0 Å². The smallest absolute Gasteiger partial charge is 0.329 e. The highest BCUT2D eigenvalue weighted by atomic mass is 35.5. The molecule has 1 fully saturated rings. The maximum atomic E-state index is 10.6. The van der Waals surface area contributed by atoms with Crippen LogP contribution in [-0.4, -0.2) is 41.3 Å². The van der Waals surface area contributed by atoms with Crippen LogP contribution in [0.5, 0.6) is 0 Å². The van der Waals surface area contributed by atoms with Crippen LogP contribution in [0.1, 0.15) is 6.92 Å². The monoisotopic (exact) mass is 300 g/mol. The highest BCUT2D eigenvalue weighted by molar-refractivity contribution is 6.33. The Labute approximate surface area is 119 Å². The molecule has 0 unspecified atom stereocenters. The zero-order valence-corrected chi connectivity index (χ0v) is 11.5. The van der Waals surface area contributed by atoms with Gasteiger partial charge in [0.2, 0.25) is 0 Å². The quantitative estimate of drug-likeness (QED) is 0.659. The molecule has 1 aromatic carbocycles. The van der Waals surface area contributed by atoms with Gasteiger partial charge in [-0.2, -0.15) is 0 Å². The van der Waals surface area contributed by atoms with Crippen molar-refractivity contribution in [2.75, 3.05) is 24.6 Å². The zero-order chi connectivity index (χ0) is 14.9. The third-order valence-electron chi connectivity index (χ3n) is 3.08. The normalized spacial score (nSPS) is 16.6. The van der Waals surface area contributed by atoms with Gasteiger partial charge in [0.05, 0.1) is 15.6 Å². The number of nitro groups is 1. The number of anilines is 1. The Balaban J connectivity index is 2.02. The first kappa shape index (κ1) is 14.5. The lowest BCUT2D eigenvalue weighted by atomic mass is 9.95. The Kier molecular flexibility index (Phi) is 3.82. The van der Waals surface area contributed by atoms with Crippen molar-refractivity contribution in [3.8, 4) is 0 Å². The van der Waals surface area contributed by atoms with Crippen LogP contribution in [0.4, 0.5) is 11.4 Å². The van der Waals surface area contributed by atoms with E-state index in [1.165, 1.54) is 12.1 Å². The maximum absolute atomic E-state index is 10.6. The van der Waals surface area contributed by atoms with E-state index < -0.39 is 16.5 Å². The molecule has 0 atom stereocenters. The van der Waals surface area contributed by atoms with Crippen molar-refractivity contribution in [2.45, 2.75) is 12.5 Å². The molecule has 1 saturated heterocycles. The summed E-state index contributed by atoms with van der Waals surface area (Å²) in [6.45, 7) is 2.43. The second-order valence-corrected chi connectivity index (χ2v) is 5.29. The summed E-state index contributed by atoms with van der Waals surface area (Å²) in [7, 11) is 0. The molecule has 0 aliphatic carbocycles. The third-order valence-corrected chi connectivity index (χ3v) is 3.38. The van der Waals surface area contributed by atoms with Crippen LogP contribution in [0.2, 0.25) is 5.02 Å². The van der Waals surface area contributed by atoms with Crippen LogP contribution < -0.4 is 4.90 Å². The molecule has 0 radical (unpaired) electrons. The van der Waals surface area contributed by atoms with Crippen molar-refractivity contribution in [1.29, 1.82) is 0 Å². The number of aliphatic carboxylic acids is 1. The van der Waals surface area contributed by atoms with Gasteiger partial charge in [0, 0.05) is 25.2 Å². The Hall–Kier alpha value is -1.86. The third kappa shape index (κ3) is 3.00. The summed E-state index contributed by atoms with van der Waals surface area (Å²) in [4.78, 5) is 22.5. The van der Waals surface area contributed by atoms with E-state index in [1.54, 1.807) is 6.07 Å². The molecule has 1 aliphatic rings. The average Bonchev–Trinajstić information content (AvgIpc) is 2.33. The summed E-state index contributed by atoms with van der Waals surface area (Å²) < 4.78 is 5.29. The van der Waals surface area contributed by atoms with Gasteiger partial charge in [-0.15, -0.1) is 0 Å². The van der Waals surface area contributed by atoms with E-state index in [4.69, 9.17) is 21.4 Å². The van der Waals surface area contributed by atoms with E-state index in [9.17, 15) is 14.9 Å². The summed E-state index contributed by atoms with van der Waals surface area (Å²) in [5, 5.41) is 19.5. The Morgan fingerprint density at radius 3 is 2.75 bits per heavy atom. The largest absolute Gasteiger partial charge is 0.480 e. The molecule has 20 heavy (non-hydrogen) atoms. The SMILES string of the molecule is CC1(OCC(=O)O)CN(c2ccc([N+](=O)[O-])cc2Cl)C1. The number of hydrogen-bond acceptors (Lipinski definition) is 5. The van der Waals surface area contributed by atoms with Gasteiger partial charge < -0.3 is 14.7 Å². The number of rotatable bonds is 5.